The molecule has 15 heavy (non-hydrogen) atoms. The molecular weight excluding hydrogens is 228 g/mol. The van der Waals surface area contributed by atoms with E-state index in [0.29, 0.717) is 5.89 Å². The van der Waals surface area contributed by atoms with Crippen molar-refractivity contribution in [3.05, 3.63) is 46.8 Å². The molecule has 0 aliphatic heterocycles. The molecule has 0 radical (unpaired) electrons. The molecule has 0 amide bonds. The fourth-order valence-electron chi connectivity index (χ4n) is 0.907. The normalized spacial score (nSPS) is 9.33. The van der Waals surface area contributed by atoms with Gasteiger partial charge < -0.3 is 4.42 Å². The molecule has 0 saturated carbocycles. The van der Waals surface area contributed by atoms with E-state index in [9.17, 15) is 0 Å². The molecule has 0 bridgehead atoms. The highest BCUT2D eigenvalue weighted by Gasteiger charge is 2.01. The van der Waals surface area contributed by atoms with Gasteiger partial charge in [0.25, 0.3) is 5.89 Å². The lowest BCUT2D eigenvalue weighted by molar-refractivity contribution is 0.570. The van der Waals surface area contributed by atoms with Crippen LogP contribution in [0.15, 0.2) is 51.2 Å². The topological polar surface area (TPSA) is 38.9 Å². The lowest BCUT2D eigenvalue weighted by Crippen LogP contribution is -1.69. The van der Waals surface area contributed by atoms with Crippen molar-refractivity contribution in [3.63, 3.8) is 0 Å². The molecule has 76 valence electrons. The molecule has 0 atom stereocenters. The van der Waals surface area contributed by atoms with Crippen LogP contribution in [0.25, 0.3) is 10.8 Å². The number of hydrogen-bond donors (Lipinski definition) is 0. The van der Waals surface area contributed by atoms with Crippen LogP contribution in [0.3, 0.4) is 0 Å². The minimum Gasteiger partial charge on any atom is -0.423 e. The third kappa shape index (κ3) is 3.00. The Kier molecular flexibility index (Phi) is 3.64. The molecule has 3 aromatic heterocycles. The fourth-order valence-corrected chi connectivity index (χ4v) is 2.01. The van der Waals surface area contributed by atoms with Crippen LogP contribution >= 0.6 is 22.7 Å². The summed E-state index contributed by atoms with van der Waals surface area (Å²) < 4.78 is 4.97. The van der Waals surface area contributed by atoms with Crippen LogP contribution in [0, 0.1) is 0 Å². The Balaban J connectivity index is 0.000000144. The van der Waals surface area contributed by atoms with Crippen molar-refractivity contribution in [2.24, 2.45) is 0 Å². The Morgan fingerprint density at radius 3 is 2.40 bits per heavy atom. The fraction of sp³-hybridized carbons (Fsp3) is 0. The summed E-state index contributed by atoms with van der Waals surface area (Å²) in [5.41, 5.74) is 0. The predicted octanol–water partition coefficient (Wildman–Crippen LogP) is 3.55. The van der Waals surface area contributed by atoms with Crippen LogP contribution in [0.5, 0.6) is 0 Å². The second-order valence-corrected chi connectivity index (χ2v) is 4.28. The molecule has 0 unspecified atom stereocenters. The van der Waals surface area contributed by atoms with Crippen molar-refractivity contribution in [2.45, 2.75) is 0 Å². The summed E-state index contributed by atoms with van der Waals surface area (Å²) in [5, 5.41) is 13.4. The van der Waals surface area contributed by atoms with Gasteiger partial charge in [-0.05, 0) is 22.2 Å². The van der Waals surface area contributed by atoms with Crippen LogP contribution < -0.4 is 0 Å². The highest BCUT2D eigenvalue weighted by Crippen LogP contribution is 2.21. The van der Waals surface area contributed by atoms with E-state index < -0.39 is 0 Å². The number of thiophene rings is 2. The number of hydrogen-bond acceptors (Lipinski definition) is 5. The number of aromatic nitrogens is 2. The third-order valence-electron chi connectivity index (χ3n) is 1.52. The van der Waals surface area contributed by atoms with Gasteiger partial charge >= 0.3 is 0 Å². The molecule has 0 N–H and O–H groups in total. The largest absolute Gasteiger partial charge is 0.423 e. The van der Waals surface area contributed by atoms with Gasteiger partial charge in [-0.3, -0.25) is 0 Å². The molecule has 0 aliphatic carbocycles. The first kappa shape index (κ1) is 10.1. The van der Waals surface area contributed by atoms with Crippen molar-refractivity contribution in [2.75, 3.05) is 0 Å². The maximum atomic E-state index is 4.97. The first-order chi connectivity index (χ1) is 7.47. The van der Waals surface area contributed by atoms with Crippen molar-refractivity contribution in [1.29, 1.82) is 0 Å². The minimum atomic E-state index is 0.593. The maximum Gasteiger partial charge on any atom is 0.257 e. The first-order valence-corrected chi connectivity index (χ1v) is 6.06. The van der Waals surface area contributed by atoms with Crippen molar-refractivity contribution in [3.8, 4) is 10.8 Å². The molecule has 5 heteroatoms. The van der Waals surface area contributed by atoms with Gasteiger partial charge in [-0.25, -0.2) is 0 Å². The van der Waals surface area contributed by atoms with E-state index in [1.807, 2.05) is 40.4 Å². The minimum absolute atomic E-state index is 0.593. The van der Waals surface area contributed by atoms with E-state index in [4.69, 9.17) is 4.42 Å². The Labute approximate surface area is 95.0 Å². The highest BCUT2D eigenvalue weighted by atomic mass is 32.1. The Hall–Kier alpha value is -1.46. The van der Waals surface area contributed by atoms with Crippen LogP contribution in [0.2, 0.25) is 0 Å². The van der Waals surface area contributed by atoms with Crippen LogP contribution in [-0.2, 0) is 0 Å². The highest BCUT2D eigenvalue weighted by molar-refractivity contribution is 7.13. The summed E-state index contributed by atoms with van der Waals surface area (Å²) in [6.45, 7) is 0. The Bertz CT molecular complexity index is 396. The summed E-state index contributed by atoms with van der Waals surface area (Å²) in [4.78, 5) is 1.01. The second-order valence-electron chi connectivity index (χ2n) is 2.51. The van der Waals surface area contributed by atoms with Crippen LogP contribution in [0.4, 0.5) is 0 Å². The van der Waals surface area contributed by atoms with E-state index in [0.717, 1.165) is 4.88 Å². The molecule has 3 aromatic rings. The van der Waals surface area contributed by atoms with Gasteiger partial charge in [0.05, 0.1) is 4.88 Å². The van der Waals surface area contributed by atoms with Gasteiger partial charge in [-0.1, -0.05) is 18.2 Å². The number of rotatable bonds is 1. The van der Waals surface area contributed by atoms with E-state index >= 15 is 0 Å². The van der Waals surface area contributed by atoms with Gasteiger partial charge in [0.1, 0.15) is 0 Å². The maximum absolute atomic E-state index is 4.97. The lowest BCUT2D eigenvalue weighted by atomic mass is 10.5. The van der Waals surface area contributed by atoms with Gasteiger partial charge in [0, 0.05) is 0 Å². The zero-order valence-electron chi connectivity index (χ0n) is 7.74. The van der Waals surface area contributed by atoms with Crippen LogP contribution in [-0.4, -0.2) is 10.2 Å². The summed E-state index contributed by atoms with van der Waals surface area (Å²) in [5.74, 6) is 0.593. The van der Waals surface area contributed by atoms with Gasteiger partial charge in [0.2, 0.25) is 6.39 Å². The van der Waals surface area contributed by atoms with E-state index in [-0.39, 0.29) is 0 Å². The lowest BCUT2D eigenvalue weighted by Gasteiger charge is -1.81. The molecule has 0 aliphatic rings. The van der Waals surface area contributed by atoms with E-state index in [1.54, 1.807) is 22.7 Å². The zero-order chi connectivity index (χ0) is 10.3. The third-order valence-corrected chi connectivity index (χ3v) is 3.00. The molecule has 0 saturated heterocycles. The smallest absolute Gasteiger partial charge is 0.257 e. The molecule has 0 aromatic carbocycles. The first-order valence-electron chi connectivity index (χ1n) is 4.24. The van der Waals surface area contributed by atoms with Crippen LogP contribution in [0.1, 0.15) is 0 Å². The Morgan fingerprint density at radius 1 is 1.07 bits per heavy atom. The molecular formula is C10H8N2OS2. The standard InChI is InChI=1S/C6H4N2OS.C4H4S/c1-2-5(10-3-1)6-8-7-4-9-6;1-2-4-5-3-1/h1-4H;1-4H. The molecule has 3 rings (SSSR count). The molecule has 3 nitrogen and oxygen atoms in total. The number of nitrogens with zero attached hydrogens (tertiary/aromatic N) is 2. The summed E-state index contributed by atoms with van der Waals surface area (Å²) in [7, 11) is 0. The van der Waals surface area contributed by atoms with E-state index in [2.05, 4.69) is 10.2 Å². The Morgan fingerprint density at radius 2 is 1.93 bits per heavy atom. The molecule has 3 heterocycles. The van der Waals surface area contributed by atoms with Crippen molar-refractivity contribution < 1.29 is 4.42 Å². The quantitative estimate of drug-likeness (QED) is 0.648. The second kappa shape index (κ2) is 5.43. The van der Waals surface area contributed by atoms with Crippen molar-refractivity contribution in [1.82, 2.24) is 10.2 Å². The summed E-state index contributed by atoms with van der Waals surface area (Å²) in [6.07, 6.45) is 1.33. The van der Waals surface area contributed by atoms with Gasteiger partial charge in [-0.2, -0.15) is 11.3 Å². The van der Waals surface area contributed by atoms with E-state index in [1.165, 1.54) is 6.39 Å². The SMILES string of the molecule is c1ccsc1.c1csc(-c2nnco2)c1. The summed E-state index contributed by atoms with van der Waals surface area (Å²) in [6, 6.07) is 7.93. The molecule has 0 spiro atoms. The van der Waals surface area contributed by atoms with Gasteiger partial charge in [0.15, 0.2) is 0 Å². The van der Waals surface area contributed by atoms with Crippen molar-refractivity contribution >= 4 is 22.7 Å². The predicted molar refractivity (Wildman–Crippen MR) is 61.9 cm³/mol. The average molecular weight is 236 g/mol. The monoisotopic (exact) mass is 236 g/mol. The summed E-state index contributed by atoms with van der Waals surface area (Å²) >= 11 is 3.30. The molecule has 0 fully saturated rings. The van der Waals surface area contributed by atoms with Gasteiger partial charge in [-0.15, -0.1) is 21.5 Å². The average Bonchev–Trinajstić information content (AvgIpc) is 3.06. The zero-order valence-corrected chi connectivity index (χ0v) is 9.37.